The summed E-state index contributed by atoms with van der Waals surface area (Å²) in [4.78, 5) is 26.6. The SMILES string of the molecule is O=C(c1ccc(COc2ccc([N+](=O)[O-])cc2)o1)N1CCN(Cc2cccc(F)c2F)CC1. The third-order valence-electron chi connectivity index (χ3n) is 5.39. The average Bonchev–Trinajstić information content (AvgIpc) is 3.30. The summed E-state index contributed by atoms with van der Waals surface area (Å²) in [5.41, 5.74) is 0.257. The normalized spacial score (nSPS) is 14.3. The predicted molar refractivity (Wildman–Crippen MR) is 114 cm³/mol. The van der Waals surface area contributed by atoms with Crippen LogP contribution >= 0.6 is 0 Å². The fourth-order valence-corrected chi connectivity index (χ4v) is 3.57. The molecule has 8 nitrogen and oxygen atoms in total. The molecule has 0 N–H and O–H groups in total. The first-order valence-electron chi connectivity index (χ1n) is 10.3. The van der Waals surface area contributed by atoms with E-state index in [0.29, 0.717) is 43.3 Å². The van der Waals surface area contributed by atoms with Gasteiger partial charge in [-0.05, 0) is 30.3 Å². The van der Waals surface area contributed by atoms with Crippen LogP contribution in [-0.2, 0) is 13.2 Å². The fourth-order valence-electron chi connectivity index (χ4n) is 3.57. The van der Waals surface area contributed by atoms with Crippen LogP contribution in [0.5, 0.6) is 5.75 Å². The Labute approximate surface area is 188 Å². The van der Waals surface area contributed by atoms with Gasteiger partial charge in [-0.25, -0.2) is 8.78 Å². The molecule has 1 aliphatic heterocycles. The predicted octanol–water partition coefficient (Wildman–Crippen LogP) is 4.00. The zero-order valence-electron chi connectivity index (χ0n) is 17.6. The number of benzene rings is 2. The zero-order valence-corrected chi connectivity index (χ0v) is 17.6. The highest BCUT2D eigenvalue weighted by atomic mass is 19.2. The number of nitro groups is 1. The number of piperazine rings is 1. The number of carbonyl (C=O) groups is 1. The van der Waals surface area contributed by atoms with Gasteiger partial charge in [0.25, 0.3) is 11.6 Å². The summed E-state index contributed by atoms with van der Waals surface area (Å²) >= 11 is 0. The third kappa shape index (κ3) is 5.35. The third-order valence-corrected chi connectivity index (χ3v) is 5.39. The maximum Gasteiger partial charge on any atom is 0.289 e. The van der Waals surface area contributed by atoms with Gasteiger partial charge in [0.15, 0.2) is 17.4 Å². The van der Waals surface area contributed by atoms with Gasteiger partial charge in [0.1, 0.15) is 18.1 Å². The molecule has 2 aromatic carbocycles. The zero-order chi connectivity index (χ0) is 23.4. The molecule has 0 bridgehead atoms. The van der Waals surface area contributed by atoms with Crippen molar-refractivity contribution in [1.29, 1.82) is 0 Å². The van der Waals surface area contributed by atoms with E-state index in [0.717, 1.165) is 6.07 Å². The number of halogens is 2. The molecule has 1 aliphatic rings. The van der Waals surface area contributed by atoms with Crippen molar-refractivity contribution in [2.24, 2.45) is 0 Å². The van der Waals surface area contributed by atoms with Gasteiger partial charge in [0.05, 0.1) is 4.92 Å². The highest BCUT2D eigenvalue weighted by Crippen LogP contribution is 2.20. The quantitative estimate of drug-likeness (QED) is 0.394. The van der Waals surface area contributed by atoms with Crippen molar-refractivity contribution in [3.8, 4) is 5.75 Å². The van der Waals surface area contributed by atoms with Crippen LogP contribution in [0, 0.1) is 21.7 Å². The van der Waals surface area contributed by atoms with E-state index in [9.17, 15) is 23.7 Å². The molecule has 4 rings (SSSR count). The van der Waals surface area contributed by atoms with Gasteiger partial charge in [-0.15, -0.1) is 0 Å². The number of hydrogen-bond acceptors (Lipinski definition) is 6. The molecule has 33 heavy (non-hydrogen) atoms. The molecule has 10 heteroatoms. The van der Waals surface area contributed by atoms with Crippen LogP contribution in [0.25, 0.3) is 0 Å². The number of rotatable bonds is 7. The van der Waals surface area contributed by atoms with Crippen molar-refractivity contribution >= 4 is 11.6 Å². The lowest BCUT2D eigenvalue weighted by atomic mass is 10.1. The van der Waals surface area contributed by atoms with E-state index in [1.54, 1.807) is 23.1 Å². The van der Waals surface area contributed by atoms with Crippen molar-refractivity contribution in [3.63, 3.8) is 0 Å². The number of nitro benzene ring substituents is 1. The summed E-state index contributed by atoms with van der Waals surface area (Å²) in [5.74, 6) is -0.898. The molecule has 1 aromatic heterocycles. The van der Waals surface area contributed by atoms with Crippen LogP contribution in [-0.4, -0.2) is 46.8 Å². The van der Waals surface area contributed by atoms with Gasteiger partial charge in [0.2, 0.25) is 0 Å². The molecule has 0 radical (unpaired) electrons. The van der Waals surface area contributed by atoms with Gasteiger partial charge >= 0.3 is 0 Å². The Hall–Kier alpha value is -3.79. The molecule has 0 atom stereocenters. The Morgan fingerprint density at radius 1 is 1.03 bits per heavy atom. The molecular formula is C23H21F2N3O5. The summed E-state index contributed by atoms with van der Waals surface area (Å²) < 4.78 is 38.4. The van der Waals surface area contributed by atoms with E-state index in [1.807, 2.05) is 4.90 Å². The van der Waals surface area contributed by atoms with Gasteiger partial charge in [-0.3, -0.25) is 19.8 Å². The topological polar surface area (TPSA) is 89.1 Å². The number of amides is 1. The smallest absolute Gasteiger partial charge is 0.289 e. The number of non-ortho nitro benzene ring substituents is 1. The van der Waals surface area contributed by atoms with E-state index in [-0.39, 0.29) is 30.5 Å². The molecular weight excluding hydrogens is 436 g/mol. The van der Waals surface area contributed by atoms with Crippen molar-refractivity contribution in [3.05, 3.63) is 93.4 Å². The molecule has 0 spiro atoms. The fraction of sp³-hybridized carbons (Fsp3) is 0.261. The lowest BCUT2D eigenvalue weighted by Crippen LogP contribution is -2.48. The number of nitrogens with zero attached hydrogens (tertiary/aromatic N) is 3. The van der Waals surface area contributed by atoms with E-state index in [2.05, 4.69) is 0 Å². The molecule has 1 amide bonds. The molecule has 0 saturated carbocycles. The minimum Gasteiger partial charge on any atom is -0.486 e. The van der Waals surface area contributed by atoms with Crippen LogP contribution < -0.4 is 4.74 Å². The minimum atomic E-state index is -0.868. The van der Waals surface area contributed by atoms with E-state index >= 15 is 0 Å². The highest BCUT2D eigenvalue weighted by molar-refractivity contribution is 5.91. The Kier molecular flexibility index (Phi) is 6.64. The second-order valence-electron chi connectivity index (χ2n) is 7.59. The van der Waals surface area contributed by atoms with Crippen LogP contribution in [0.2, 0.25) is 0 Å². The lowest BCUT2D eigenvalue weighted by Gasteiger charge is -2.34. The Morgan fingerprint density at radius 3 is 2.45 bits per heavy atom. The monoisotopic (exact) mass is 457 g/mol. The summed E-state index contributed by atoms with van der Waals surface area (Å²) in [6.07, 6.45) is 0. The first-order chi connectivity index (χ1) is 15.9. The summed E-state index contributed by atoms with van der Waals surface area (Å²) in [6.45, 7) is 2.27. The number of furan rings is 1. The molecule has 2 heterocycles. The number of carbonyl (C=O) groups excluding carboxylic acids is 1. The van der Waals surface area contributed by atoms with Crippen molar-refractivity contribution in [2.45, 2.75) is 13.2 Å². The van der Waals surface area contributed by atoms with Gasteiger partial charge in [-0.2, -0.15) is 0 Å². The Bertz CT molecular complexity index is 1140. The summed E-state index contributed by atoms with van der Waals surface area (Å²) in [6, 6.07) is 13.0. The molecule has 0 aliphatic carbocycles. The summed E-state index contributed by atoms with van der Waals surface area (Å²) in [5, 5.41) is 10.7. The van der Waals surface area contributed by atoms with Crippen LogP contribution in [0.15, 0.2) is 59.0 Å². The van der Waals surface area contributed by atoms with Gasteiger partial charge < -0.3 is 14.1 Å². The molecule has 1 fully saturated rings. The van der Waals surface area contributed by atoms with E-state index in [1.165, 1.54) is 30.3 Å². The Morgan fingerprint density at radius 2 is 1.76 bits per heavy atom. The Balaban J connectivity index is 1.28. The average molecular weight is 457 g/mol. The lowest BCUT2D eigenvalue weighted by molar-refractivity contribution is -0.384. The second-order valence-corrected chi connectivity index (χ2v) is 7.59. The van der Waals surface area contributed by atoms with Crippen molar-refractivity contribution < 1.29 is 27.7 Å². The van der Waals surface area contributed by atoms with Crippen molar-refractivity contribution in [2.75, 3.05) is 26.2 Å². The first-order valence-corrected chi connectivity index (χ1v) is 10.3. The van der Waals surface area contributed by atoms with Crippen LogP contribution in [0.1, 0.15) is 21.9 Å². The number of ether oxygens (including phenoxy) is 1. The van der Waals surface area contributed by atoms with Crippen LogP contribution in [0.4, 0.5) is 14.5 Å². The van der Waals surface area contributed by atoms with Crippen LogP contribution in [0.3, 0.4) is 0 Å². The second kappa shape index (κ2) is 9.78. The highest BCUT2D eigenvalue weighted by Gasteiger charge is 2.25. The van der Waals surface area contributed by atoms with Gasteiger partial charge in [-0.1, -0.05) is 12.1 Å². The molecule has 0 unspecified atom stereocenters. The van der Waals surface area contributed by atoms with E-state index in [4.69, 9.17) is 9.15 Å². The molecule has 172 valence electrons. The maximum atomic E-state index is 13.9. The maximum absolute atomic E-state index is 13.9. The molecule has 1 saturated heterocycles. The first kappa shape index (κ1) is 22.4. The van der Waals surface area contributed by atoms with Crippen molar-refractivity contribution in [1.82, 2.24) is 9.80 Å². The minimum absolute atomic E-state index is 0.0330. The standard InChI is InChI=1S/C23H21F2N3O5/c24-20-3-1-2-16(22(20)25)14-26-10-12-27(13-11-26)23(29)21-9-8-19(33-21)15-32-18-6-4-17(5-7-18)28(30)31/h1-9H,10-15H2. The largest absolute Gasteiger partial charge is 0.486 e. The summed E-state index contributed by atoms with van der Waals surface area (Å²) in [7, 11) is 0. The van der Waals surface area contributed by atoms with Gasteiger partial charge in [0, 0.05) is 50.4 Å². The molecule has 3 aromatic rings. The van der Waals surface area contributed by atoms with E-state index < -0.39 is 16.6 Å². The number of hydrogen-bond donors (Lipinski definition) is 0.